The van der Waals surface area contributed by atoms with Crippen LogP contribution in [0.3, 0.4) is 0 Å². The maximum absolute atomic E-state index is 13.4. The van der Waals surface area contributed by atoms with Gasteiger partial charge < -0.3 is 18.6 Å². The van der Waals surface area contributed by atoms with E-state index in [1.54, 1.807) is 33.8 Å². The molecular formula is C23H22ClN5O2. The van der Waals surface area contributed by atoms with Crippen molar-refractivity contribution >= 4 is 28.4 Å². The number of amides is 1. The van der Waals surface area contributed by atoms with Crippen LogP contribution < -0.4 is 5.56 Å². The van der Waals surface area contributed by atoms with E-state index >= 15 is 0 Å². The topological polar surface area (TPSA) is 65.1 Å². The molecule has 0 radical (unpaired) electrons. The molecule has 0 saturated heterocycles. The maximum atomic E-state index is 13.4. The van der Waals surface area contributed by atoms with Crippen molar-refractivity contribution in [2.24, 2.45) is 7.05 Å². The summed E-state index contributed by atoms with van der Waals surface area (Å²) in [5.41, 5.74) is 3.62. The molecule has 31 heavy (non-hydrogen) atoms. The highest BCUT2D eigenvalue weighted by atomic mass is 35.5. The van der Waals surface area contributed by atoms with E-state index in [-0.39, 0.29) is 17.5 Å². The molecule has 7 nitrogen and oxygen atoms in total. The van der Waals surface area contributed by atoms with Crippen molar-refractivity contribution in [2.75, 3.05) is 0 Å². The molecule has 0 unspecified atom stereocenters. The van der Waals surface area contributed by atoms with Gasteiger partial charge in [0.15, 0.2) is 0 Å². The summed E-state index contributed by atoms with van der Waals surface area (Å²) in [7, 11) is 1.97. The molecule has 1 atom stereocenters. The van der Waals surface area contributed by atoms with Gasteiger partial charge in [-0.3, -0.25) is 9.59 Å². The number of hydrogen-bond acceptors (Lipinski definition) is 3. The zero-order valence-corrected chi connectivity index (χ0v) is 18.3. The SMILES string of the molecule is Cc1cn(-c2ccc3n(c2=O)C[C@@H](C)N(Cc2cn(C)c4cc(Cl)ccc24)C3=O)cn1. The zero-order chi connectivity index (χ0) is 21.9. The lowest BCUT2D eigenvalue weighted by Gasteiger charge is -2.35. The first kappa shape index (κ1) is 19.6. The lowest BCUT2D eigenvalue weighted by molar-refractivity contribution is 0.0591. The number of aryl methyl sites for hydroxylation is 2. The first-order valence-corrected chi connectivity index (χ1v) is 10.5. The number of carbonyl (C=O) groups excluding carboxylic acids is 1. The largest absolute Gasteiger partial charge is 0.350 e. The third-order valence-electron chi connectivity index (χ3n) is 5.98. The number of imidazole rings is 1. The van der Waals surface area contributed by atoms with Gasteiger partial charge in [0.25, 0.3) is 11.5 Å². The van der Waals surface area contributed by atoms with Crippen LogP contribution >= 0.6 is 11.6 Å². The summed E-state index contributed by atoms with van der Waals surface area (Å²) in [5, 5.41) is 1.75. The molecule has 1 amide bonds. The van der Waals surface area contributed by atoms with E-state index in [0.717, 1.165) is 22.2 Å². The van der Waals surface area contributed by atoms with E-state index in [1.165, 1.54) is 0 Å². The Morgan fingerprint density at radius 1 is 1.16 bits per heavy atom. The van der Waals surface area contributed by atoms with Crippen molar-refractivity contribution in [3.8, 4) is 5.69 Å². The number of fused-ring (bicyclic) bond motifs is 2. The number of rotatable bonds is 3. The van der Waals surface area contributed by atoms with Crippen LogP contribution in [0.5, 0.6) is 0 Å². The Kier molecular flexibility index (Phi) is 4.51. The fraction of sp³-hybridized carbons (Fsp3) is 0.261. The van der Waals surface area contributed by atoms with Crippen molar-refractivity contribution in [1.29, 1.82) is 0 Å². The molecule has 158 valence electrons. The summed E-state index contributed by atoms with van der Waals surface area (Å²) in [6, 6.07) is 9.08. The maximum Gasteiger partial charge on any atom is 0.275 e. The average Bonchev–Trinajstić information content (AvgIpc) is 3.29. The van der Waals surface area contributed by atoms with Crippen LogP contribution in [0, 0.1) is 6.92 Å². The molecular weight excluding hydrogens is 414 g/mol. The van der Waals surface area contributed by atoms with Gasteiger partial charge >= 0.3 is 0 Å². The van der Waals surface area contributed by atoms with Crippen LogP contribution in [-0.4, -0.2) is 35.5 Å². The van der Waals surface area contributed by atoms with Crippen LogP contribution in [-0.2, 0) is 20.1 Å². The average molecular weight is 436 g/mol. The Morgan fingerprint density at radius 3 is 2.71 bits per heavy atom. The molecule has 0 spiro atoms. The summed E-state index contributed by atoms with van der Waals surface area (Å²) >= 11 is 6.15. The lowest BCUT2D eigenvalue weighted by atomic mass is 10.1. The number of benzene rings is 1. The van der Waals surface area contributed by atoms with Gasteiger partial charge in [-0.05, 0) is 43.7 Å². The molecule has 8 heteroatoms. The molecule has 5 rings (SSSR count). The molecule has 4 aromatic rings. The van der Waals surface area contributed by atoms with Gasteiger partial charge in [-0.1, -0.05) is 17.7 Å². The summed E-state index contributed by atoms with van der Waals surface area (Å²) < 4.78 is 5.30. The fourth-order valence-corrected chi connectivity index (χ4v) is 4.54. The van der Waals surface area contributed by atoms with Gasteiger partial charge in [-0.2, -0.15) is 0 Å². The van der Waals surface area contributed by atoms with Crippen molar-refractivity contribution < 1.29 is 4.79 Å². The second-order valence-electron chi connectivity index (χ2n) is 8.15. The third kappa shape index (κ3) is 3.16. The summed E-state index contributed by atoms with van der Waals surface area (Å²) in [6.45, 7) is 4.76. The minimum Gasteiger partial charge on any atom is -0.350 e. The predicted octanol–water partition coefficient (Wildman–Crippen LogP) is 3.53. The molecule has 1 aliphatic heterocycles. The van der Waals surface area contributed by atoms with E-state index in [4.69, 9.17) is 11.6 Å². The smallest absolute Gasteiger partial charge is 0.275 e. The van der Waals surface area contributed by atoms with Crippen molar-refractivity contribution in [3.05, 3.63) is 81.4 Å². The number of carbonyl (C=O) groups is 1. The number of aromatic nitrogens is 4. The Hall–Kier alpha value is -3.32. The van der Waals surface area contributed by atoms with Crippen LogP contribution in [0.4, 0.5) is 0 Å². The number of halogens is 1. The third-order valence-corrected chi connectivity index (χ3v) is 6.21. The molecule has 4 heterocycles. The zero-order valence-electron chi connectivity index (χ0n) is 17.5. The Morgan fingerprint density at radius 2 is 1.97 bits per heavy atom. The Bertz CT molecular complexity index is 1400. The molecule has 1 aromatic carbocycles. The standard InChI is InChI=1S/C23H22ClN5O2/c1-14-9-27(13-25-14)19-6-7-20-23(31)28(15(2)10-29(20)22(19)30)12-16-11-26(3)21-8-17(24)4-5-18(16)21/h4-9,11,13,15H,10,12H2,1-3H3/t15-/m1/s1. The fourth-order valence-electron chi connectivity index (χ4n) is 4.37. The first-order chi connectivity index (χ1) is 14.8. The summed E-state index contributed by atoms with van der Waals surface area (Å²) in [6.07, 6.45) is 5.45. The van der Waals surface area contributed by atoms with E-state index < -0.39 is 0 Å². The second kappa shape index (κ2) is 7.13. The van der Waals surface area contributed by atoms with Gasteiger partial charge in [0, 0.05) is 54.5 Å². The minimum absolute atomic E-state index is 0.125. The van der Waals surface area contributed by atoms with Gasteiger partial charge in [-0.15, -0.1) is 0 Å². The number of nitrogens with zero attached hydrogens (tertiary/aromatic N) is 5. The van der Waals surface area contributed by atoms with E-state index in [9.17, 15) is 9.59 Å². The number of hydrogen-bond donors (Lipinski definition) is 0. The molecule has 0 aliphatic carbocycles. The molecule has 1 aliphatic rings. The van der Waals surface area contributed by atoms with Gasteiger partial charge in [0.05, 0.1) is 12.0 Å². The van der Waals surface area contributed by atoms with Gasteiger partial charge in [0.2, 0.25) is 0 Å². The molecule has 3 aromatic heterocycles. The minimum atomic E-state index is -0.186. The van der Waals surface area contributed by atoms with Gasteiger partial charge in [0.1, 0.15) is 11.4 Å². The highest BCUT2D eigenvalue weighted by molar-refractivity contribution is 6.31. The van der Waals surface area contributed by atoms with Crippen LogP contribution in [0.1, 0.15) is 28.7 Å². The molecule has 0 N–H and O–H groups in total. The normalized spacial score (nSPS) is 16.2. The molecule has 0 saturated carbocycles. The lowest BCUT2D eigenvalue weighted by Crippen LogP contribution is -2.49. The molecule has 0 fully saturated rings. The highest BCUT2D eigenvalue weighted by Gasteiger charge is 2.31. The van der Waals surface area contributed by atoms with Crippen molar-refractivity contribution in [1.82, 2.24) is 23.6 Å². The van der Waals surface area contributed by atoms with E-state index in [2.05, 4.69) is 4.98 Å². The highest BCUT2D eigenvalue weighted by Crippen LogP contribution is 2.27. The van der Waals surface area contributed by atoms with Crippen LogP contribution in [0.15, 0.2) is 53.8 Å². The van der Waals surface area contributed by atoms with Crippen molar-refractivity contribution in [3.63, 3.8) is 0 Å². The van der Waals surface area contributed by atoms with Crippen LogP contribution in [0.2, 0.25) is 5.02 Å². The van der Waals surface area contributed by atoms with E-state index in [0.29, 0.717) is 29.5 Å². The summed E-state index contributed by atoms with van der Waals surface area (Å²) in [5.74, 6) is -0.143. The molecule has 0 bridgehead atoms. The van der Waals surface area contributed by atoms with Gasteiger partial charge in [-0.25, -0.2) is 4.98 Å². The van der Waals surface area contributed by atoms with Crippen LogP contribution in [0.25, 0.3) is 16.6 Å². The Labute approximate surface area is 184 Å². The number of pyridine rings is 1. The van der Waals surface area contributed by atoms with Crippen molar-refractivity contribution in [2.45, 2.75) is 33.0 Å². The van der Waals surface area contributed by atoms with E-state index in [1.807, 2.05) is 54.8 Å². The Balaban J connectivity index is 1.52. The summed E-state index contributed by atoms with van der Waals surface area (Å²) in [4.78, 5) is 32.5. The first-order valence-electron chi connectivity index (χ1n) is 10.1. The second-order valence-corrected chi connectivity index (χ2v) is 8.59. The quantitative estimate of drug-likeness (QED) is 0.494. The predicted molar refractivity (Wildman–Crippen MR) is 120 cm³/mol. The monoisotopic (exact) mass is 435 g/mol.